The molecule has 1 aliphatic rings. The molecule has 0 radical (unpaired) electrons. The lowest BCUT2D eigenvalue weighted by atomic mass is 9.98. The van der Waals surface area contributed by atoms with Crippen molar-refractivity contribution in [1.82, 2.24) is 4.90 Å². The molecule has 1 aromatic rings. The number of carbonyl (C=O) groups is 2. The Balaban J connectivity index is 1.96. The summed E-state index contributed by atoms with van der Waals surface area (Å²) in [5.41, 5.74) is 0.900. The number of hydrogen-bond acceptors (Lipinski definition) is 4. The number of likely N-dealkylation sites (tertiary alicyclic amines) is 1. The first-order valence-corrected chi connectivity index (χ1v) is 7.91. The third-order valence-corrected chi connectivity index (χ3v) is 3.87. The number of amides is 1. The Morgan fingerprint density at radius 1 is 1.39 bits per heavy atom. The van der Waals surface area contributed by atoms with E-state index < -0.39 is 0 Å². The SMILES string of the molecule is CCOC(=O)[C@@H]1CCCN(C(=O)/C=C/c2cccc(OC)c2)C1. The van der Waals surface area contributed by atoms with Crippen molar-refractivity contribution < 1.29 is 19.1 Å². The molecule has 0 bridgehead atoms. The van der Waals surface area contributed by atoms with Gasteiger partial charge < -0.3 is 14.4 Å². The molecule has 0 aromatic heterocycles. The summed E-state index contributed by atoms with van der Waals surface area (Å²) in [6.07, 6.45) is 4.91. The van der Waals surface area contributed by atoms with E-state index in [1.807, 2.05) is 24.3 Å². The van der Waals surface area contributed by atoms with Crippen molar-refractivity contribution in [2.24, 2.45) is 5.92 Å². The van der Waals surface area contributed by atoms with Gasteiger partial charge in [0.05, 0.1) is 19.6 Å². The molecule has 1 amide bonds. The van der Waals surface area contributed by atoms with E-state index in [1.54, 1.807) is 31.1 Å². The molecule has 5 heteroatoms. The lowest BCUT2D eigenvalue weighted by Gasteiger charge is -2.30. The lowest BCUT2D eigenvalue weighted by Crippen LogP contribution is -2.42. The van der Waals surface area contributed by atoms with Gasteiger partial charge in [-0.25, -0.2) is 0 Å². The minimum Gasteiger partial charge on any atom is -0.497 e. The minimum atomic E-state index is -0.210. The van der Waals surface area contributed by atoms with Crippen LogP contribution in [0.3, 0.4) is 0 Å². The summed E-state index contributed by atoms with van der Waals surface area (Å²) in [7, 11) is 1.61. The molecule has 5 nitrogen and oxygen atoms in total. The Bertz CT molecular complexity index is 582. The lowest BCUT2D eigenvalue weighted by molar-refractivity contribution is -0.150. The summed E-state index contributed by atoms with van der Waals surface area (Å²) in [6.45, 7) is 3.27. The normalized spacial score (nSPS) is 18.0. The Labute approximate surface area is 136 Å². The van der Waals surface area contributed by atoms with Gasteiger partial charge in [-0.15, -0.1) is 0 Å². The van der Waals surface area contributed by atoms with Gasteiger partial charge >= 0.3 is 5.97 Å². The summed E-state index contributed by atoms with van der Waals surface area (Å²) in [4.78, 5) is 25.8. The molecule has 1 aliphatic heterocycles. The first-order valence-electron chi connectivity index (χ1n) is 7.91. The van der Waals surface area contributed by atoms with Crippen molar-refractivity contribution in [3.05, 3.63) is 35.9 Å². The fourth-order valence-electron chi connectivity index (χ4n) is 2.65. The van der Waals surface area contributed by atoms with Gasteiger partial charge in [0, 0.05) is 19.2 Å². The number of piperidine rings is 1. The Morgan fingerprint density at radius 2 is 2.22 bits per heavy atom. The molecule has 0 aliphatic carbocycles. The van der Waals surface area contributed by atoms with Crippen LogP contribution in [0.2, 0.25) is 0 Å². The number of benzene rings is 1. The smallest absolute Gasteiger partial charge is 0.310 e. The third kappa shape index (κ3) is 4.84. The standard InChI is InChI=1S/C18H23NO4/c1-3-23-18(21)15-7-5-11-19(13-15)17(20)10-9-14-6-4-8-16(12-14)22-2/h4,6,8-10,12,15H,3,5,7,11,13H2,1-2H3/b10-9+/t15-/m1/s1. The zero-order chi connectivity index (χ0) is 16.7. The van der Waals surface area contributed by atoms with Crippen molar-refractivity contribution in [3.8, 4) is 5.75 Å². The van der Waals surface area contributed by atoms with Crippen LogP contribution in [-0.4, -0.2) is 43.6 Å². The van der Waals surface area contributed by atoms with Crippen molar-refractivity contribution >= 4 is 18.0 Å². The van der Waals surface area contributed by atoms with Crippen LogP contribution in [0, 0.1) is 5.92 Å². The average Bonchev–Trinajstić information content (AvgIpc) is 2.60. The van der Waals surface area contributed by atoms with E-state index in [0.29, 0.717) is 19.7 Å². The molecular formula is C18H23NO4. The highest BCUT2D eigenvalue weighted by Crippen LogP contribution is 2.19. The maximum absolute atomic E-state index is 12.3. The highest BCUT2D eigenvalue weighted by Gasteiger charge is 2.28. The molecule has 1 heterocycles. The summed E-state index contributed by atoms with van der Waals surface area (Å²) in [5, 5.41) is 0. The van der Waals surface area contributed by atoms with E-state index in [4.69, 9.17) is 9.47 Å². The Hall–Kier alpha value is -2.30. The van der Waals surface area contributed by atoms with Gasteiger partial charge in [0.1, 0.15) is 5.75 Å². The number of hydrogen-bond donors (Lipinski definition) is 0. The van der Waals surface area contributed by atoms with E-state index >= 15 is 0 Å². The predicted octanol–water partition coefficient (Wildman–Crippen LogP) is 2.51. The van der Waals surface area contributed by atoms with Gasteiger partial charge in [0.25, 0.3) is 0 Å². The van der Waals surface area contributed by atoms with Crippen LogP contribution in [-0.2, 0) is 14.3 Å². The van der Waals surface area contributed by atoms with Gasteiger partial charge in [-0.1, -0.05) is 12.1 Å². The van der Waals surface area contributed by atoms with Crippen molar-refractivity contribution in [3.63, 3.8) is 0 Å². The molecule has 124 valence electrons. The summed E-state index contributed by atoms with van der Waals surface area (Å²) >= 11 is 0. The first kappa shape index (κ1) is 17.1. The van der Waals surface area contributed by atoms with E-state index in [-0.39, 0.29) is 17.8 Å². The summed E-state index contributed by atoms with van der Waals surface area (Å²) in [6, 6.07) is 7.50. The second kappa shape index (κ2) is 8.36. The zero-order valence-corrected chi connectivity index (χ0v) is 13.7. The number of methoxy groups -OCH3 is 1. The van der Waals surface area contributed by atoms with E-state index in [2.05, 4.69) is 0 Å². The number of nitrogens with zero attached hydrogens (tertiary/aromatic N) is 1. The molecule has 0 N–H and O–H groups in total. The summed E-state index contributed by atoms with van der Waals surface area (Å²) < 4.78 is 10.2. The van der Waals surface area contributed by atoms with Crippen LogP contribution in [0.25, 0.3) is 6.08 Å². The predicted molar refractivity (Wildman–Crippen MR) is 88.0 cm³/mol. The zero-order valence-electron chi connectivity index (χ0n) is 13.7. The molecule has 1 atom stereocenters. The highest BCUT2D eigenvalue weighted by atomic mass is 16.5. The molecule has 1 aromatic carbocycles. The molecule has 2 rings (SSSR count). The fraction of sp³-hybridized carbons (Fsp3) is 0.444. The van der Waals surface area contributed by atoms with Crippen LogP contribution in [0.1, 0.15) is 25.3 Å². The maximum Gasteiger partial charge on any atom is 0.310 e. The Kier molecular flexibility index (Phi) is 6.20. The second-order valence-electron chi connectivity index (χ2n) is 5.49. The van der Waals surface area contributed by atoms with Crippen LogP contribution in [0.15, 0.2) is 30.3 Å². The molecule has 1 saturated heterocycles. The Morgan fingerprint density at radius 3 is 2.96 bits per heavy atom. The molecule has 0 unspecified atom stereocenters. The molecular weight excluding hydrogens is 294 g/mol. The van der Waals surface area contributed by atoms with Gasteiger partial charge in [-0.05, 0) is 43.5 Å². The summed E-state index contributed by atoms with van der Waals surface area (Å²) in [5.74, 6) is 0.251. The highest BCUT2D eigenvalue weighted by molar-refractivity contribution is 5.92. The quantitative estimate of drug-likeness (QED) is 0.618. The minimum absolute atomic E-state index is 0.0816. The van der Waals surface area contributed by atoms with E-state index in [9.17, 15) is 9.59 Å². The van der Waals surface area contributed by atoms with Crippen LogP contribution < -0.4 is 4.74 Å². The van der Waals surface area contributed by atoms with Gasteiger partial charge in [0.15, 0.2) is 0 Å². The van der Waals surface area contributed by atoms with Gasteiger partial charge in [-0.3, -0.25) is 9.59 Å². The fourth-order valence-corrected chi connectivity index (χ4v) is 2.65. The van der Waals surface area contributed by atoms with E-state index in [0.717, 1.165) is 24.2 Å². The molecule has 23 heavy (non-hydrogen) atoms. The van der Waals surface area contributed by atoms with Crippen LogP contribution in [0.4, 0.5) is 0 Å². The topological polar surface area (TPSA) is 55.8 Å². The molecule has 1 fully saturated rings. The monoisotopic (exact) mass is 317 g/mol. The third-order valence-electron chi connectivity index (χ3n) is 3.87. The largest absolute Gasteiger partial charge is 0.497 e. The van der Waals surface area contributed by atoms with Crippen LogP contribution in [0.5, 0.6) is 5.75 Å². The van der Waals surface area contributed by atoms with E-state index in [1.165, 1.54) is 0 Å². The molecule has 0 spiro atoms. The van der Waals surface area contributed by atoms with Gasteiger partial charge in [0.2, 0.25) is 5.91 Å². The molecule has 0 saturated carbocycles. The second-order valence-corrected chi connectivity index (χ2v) is 5.49. The number of ether oxygens (including phenoxy) is 2. The van der Waals surface area contributed by atoms with Crippen molar-refractivity contribution in [2.45, 2.75) is 19.8 Å². The number of rotatable bonds is 5. The van der Waals surface area contributed by atoms with Gasteiger partial charge in [-0.2, -0.15) is 0 Å². The first-order chi connectivity index (χ1) is 11.1. The maximum atomic E-state index is 12.3. The van der Waals surface area contributed by atoms with Crippen molar-refractivity contribution in [2.75, 3.05) is 26.8 Å². The van der Waals surface area contributed by atoms with Crippen LogP contribution >= 0.6 is 0 Å². The number of esters is 1. The number of carbonyl (C=O) groups excluding carboxylic acids is 2. The average molecular weight is 317 g/mol. The van der Waals surface area contributed by atoms with Crippen molar-refractivity contribution in [1.29, 1.82) is 0 Å².